The van der Waals surface area contributed by atoms with E-state index in [0.29, 0.717) is 29.7 Å². The van der Waals surface area contributed by atoms with Gasteiger partial charge in [-0.05, 0) is 43.2 Å². The Bertz CT molecular complexity index is 1140. The molecule has 1 aromatic carbocycles. The Morgan fingerprint density at radius 2 is 2.00 bits per heavy atom. The van der Waals surface area contributed by atoms with Gasteiger partial charge in [-0.2, -0.15) is 0 Å². The first-order chi connectivity index (χ1) is 14.2. The van der Waals surface area contributed by atoms with Gasteiger partial charge in [-0.25, -0.2) is 4.79 Å². The first kappa shape index (κ1) is 20.7. The van der Waals surface area contributed by atoms with Crippen molar-refractivity contribution in [3.63, 3.8) is 0 Å². The number of furan rings is 1. The third kappa shape index (κ3) is 4.01. The number of hydrogen-bond donors (Lipinski definition) is 1. The molecule has 6 heteroatoms. The second kappa shape index (κ2) is 7.91. The maximum atomic E-state index is 12.6. The lowest BCUT2D eigenvalue weighted by molar-refractivity contribution is -0.121. The highest BCUT2D eigenvalue weighted by molar-refractivity contribution is 5.96. The standard InChI is InChI=1S/C24H29NO5/c1-14-16(7-8-22(26)25-12-15-6-5-9-28-15)23(27)30-21-11-20-18(10-17(14)21)19(13-29-20)24(2,3)4/h10-11,13,15H,5-9,12H2,1-4H3,(H,25,26). The van der Waals surface area contributed by atoms with Crippen molar-refractivity contribution in [1.29, 1.82) is 0 Å². The second-order valence-corrected chi connectivity index (χ2v) is 9.18. The molecule has 1 atom stereocenters. The molecule has 1 aliphatic rings. The number of hydrogen-bond acceptors (Lipinski definition) is 5. The molecule has 1 N–H and O–H groups in total. The molecule has 0 aliphatic carbocycles. The molecule has 0 radical (unpaired) electrons. The summed E-state index contributed by atoms with van der Waals surface area (Å²) >= 11 is 0. The summed E-state index contributed by atoms with van der Waals surface area (Å²) in [6.07, 6.45) is 4.49. The Kier molecular flexibility index (Phi) is 5.45. The molecule has 160 valence electrons. The number of ether oxygens (including phenoxy) is 1. The quantitative estimate of drug-likeness (QED) is 0.631. The minimum absolute atomic E-state index is 0.0631. The predicted molar refractivity (Wildman–Crippen MR) is 116 cm³/mol. The lowest BCUT2D eigenvalue weighted by Gasteiger charge is -2.16. The van der Waals surface area contributed by atoms with E-state index >= 15 is 0 Å². The maximum absolute atomic E-state index is 12.6. The molecule has 0 saturated carbocycles. The zero-order chi connectivity index (χ0) is 21.5. The van der Waals surface area contributed by atoms with Gasteiger partial charge in [0.1, 0.15) is 11.2 Å². The number of amides is 1. The van der Waals surface area contributed by atoms with E-state index in [9.17, 15) is 9.59 Å². The molecule has 3 heterocycles. The van der Waals surface area contributed by atoms with Gasteiger partial charge in [0.15, 0.2) is 0 Å². The Morgan fingerprint density at radius 3 is 2.70 bits per heavy atom. The second-order valence-electron chi connectivity index (χ2n) is 9.18. The normalized spacial score (nSPS) is 17.1. The van der Waals surface area contributed by atoms with Crippen molar-refractivity contribution in [1.82, 2.24) is 5.32 Å². The zero-order valence-corrected chi connectivity index (χ0v) is 18.1. The Hall–Kier alpha value is -2.60. The average Bonchev–Trinajstić information content (AvgIpc) is 3.34. The van der Waals surface area contributed by atoms with E-state index in [2.05, 4.69) is 26.1 Å². The van der Waals surface area contributed by atoms with Crippen molar-refractivity contribution in [3.05, 3.63) is 45.5 Å². The van der Waals surface area contributed by atoms with Gasteiger partial charge in [-0.15, -0.1) is 0 Å². The largest absolute Gasteiger partial charge is 0.464 e. The topological polar surface area (TPSA) is 81.7 Å². The first-order valence-electron chi connectivity index (χ1n) is 10.6. The lowest BCUT2D eigenvalue weighted by Crippen LogP contribution is -2.32. The van der Waals surface area contributed by atoms with Gasteiger partial charge in [-0.3, -0.25) is 4.79 Å². The molecule has 1 unspecified atom stereocenters. The van der Waals surface area contributed by atoms with Gasteiger partial charge < -0.3 is 18.9 Å². The highest BCUT2D eigenvalue weighted by atomic mass is 16.5. The molecule has 1 saturated heterocycles. The summed E-state index contributed by atoms with van der Waals surface area (Å²) in [6, 6.07) is 3.82. The number of rotatable bonds is 5. The summed E-state index contributed by atoms with van der Waals surface area (Å²) in [5.41, 5.74) is 3.27. The number of carbonyl (C=O) groups excluding carboxylic acids is 1. The van der Waals surface area contributed by atoms with E-state index in [-0.39, 0.29) is 23.8 Å². The van der Waals surface area contributed by atoms with Gasteiger partial charge >= 0.3 is 5.63 Å². The van der Waals surface area contributed by atoms with Gasteiger partial charge in [0.05, 0.1) is 12.4 Å². The monoisotopic (exact) mass is 411 g/mol. The number of carbonyl (C=O) groups is 1. The zero-order valence-electron chi connectivity index (χ0n) is 18.1. The summed E-state index contributed by atoms with van der Waals surface area (Å²) in [5.74, 6) is -0.0790. The lowest BCUT2D eigenvalue weighted by atomic mass is 9.86. The fourth-order valence-corrected chi connectivity index (χ4v) is 4.14. The molecular weight excluding hydrogens is 382 g/mol. The van der Waals surface area contributed by atoms with E-state index < -0.39 is 5.63 Å². The van der Waals surface area contributed by atoms with Gasteiger partial charge in [0.25, 0.3) is 0 Å². The van der Waals surface area contributed by atoms with Crippen LogP contribution in [0.25, 0.3) is 21.9 Å². The van der Waals surface area contributed by atoms with E-state index in [1.54, 1.807) is 12.3 Å². The van der Waals surface area contributed by atoms with Crippen LogP contribution in [-0.2, 0) is 21.4 Å². The van der Waals surface area contributed by atoms with Crippen LogP contribution >= 0.6 is 0 Å². The number of aryl methyl sites for hydroxylation is 1. The van der Waals surface area contributed by atoms with Crippen LogP contribution in [0.1, 0.15) is 56.7 Å². The van der Waals surface area contributed by atoms with E-state index in [1.807, 2.05) is 13.0 Å². The molecule has 0 spiro atoms. The molecule has 4 rings (SSSR count). The number of nitrogens with one attached hydrogen (secondary N) is 1. The third-order valence-electron chi connectivity index (χ3n) is 5.94. The summed E-state index contributed by atoms with van der Waals surface area (Å²) in [6.45, 7) is 9.62. The fraction of sp³-hybridized carbons (Fsp3) is 0.500. The van der Waals surface area contributed by atoms with Crippen LogP contribution in [0.3, 0.4) is 0 Å². The van der Waals surface area contributed by atoms with Crippen molar-refractivity contribution in [2.24, 2.45) is 0 Å². The Labute approximate surface area is 175 Å². The summed E-state index contributed by atoms with van der Waals surface area (Å²) in [7, 11) is 0. The van der Waals surface area contributed by atoms with Crippen molar-refractivity contribution >= 4 is 27.8 Å². The van der Waals surface area contributed by atoms with E-state index in [0.717, 1.165) is 41.3 Å². The summed E-state index contributed by atoms with van der Waals surface area (Å²) in [4.78, 5) is 24.8. The molecule has 1 fully saturated rings. The average molecular weight is 411 g/mol. The molecule has 1 amide bonds. The summed E-state index contributed by atoms with van der Waals surface area (Å²) in [5, 5.41) is 4.81. The molecule has 0 bridgehead atoms. The van der Waals surface area contributed by atoms with Gasteiger partial charge in [-0.1, -0.05) is 20.8 Å². The van der Waals surface area contributed by atoms with Crippen molar-refractivity contribution < 1.29 is 18.4 Å². The number of fused-ring (bicyclic) bond motifs is 2. The van der Waals surface area contributed by atoms with E-state index in [4.69, 9.17) is 13.6 Å². The Balaban J connectivity index is 1.59. The SMILES string of the molecule is Cc1c(CCC(=O)NCC2CCCO2)c(=O)oc2cc3occ(C(C)(C)C)c3cc12. The van der Waals surface area contributed by atoms with Crippen LogP contribution in [0, 0.1) is 6.92 Å². The maximum Gasteiger partial charge on any atom is 0.339 e. The highest BCUT2D eigenvalue weighted by Crippen LogP contribution is 2.35. The summed E-state index contributed by atoms with van der Waals surface area (Å²) < 4.78 is 16.8. The van der Waals surface area contributed by atoms with Crippen molar-refractivity contribution in [3.8, 4) is 0 Å². The fourth-order valence-electron chi connectivity index (χ4n) is 4.14. The molecular formula is C24H29NO5. The minimum atomic E-state index is -0.395. The molecule has 3 aromatic rings. The van der Waals surface area contributed by atoms with Crippen molar-refractivity contribution in [2.45, 2.75) is 64.9 Å². The Morgan fingerprint density at radius 1 is 1.20 bits per heavy atom. The van der Waals surface area contributed by atoms with E-state index in [1.165, 1.54) is 0 Å². The van der Waals surface area contributed by atoms with Gasteiger partial charge in [0, 0.05) is 47.5 Å². The molecule has 30 heavy (non-hydrogen) atoms. The van der Waals surface area contributed by atoms with Crippen LogP contribution < -0.4 is 10.9 Å². The molecule has 1 aliphatic heterocycles. The van der Waals surface area contributed by atoms with Crippen LogP contribution in [0.2, 0.25) is 0 Å². The van der Waals surface area contributed by atoms with Gasteiger partial charge in [0.2, 0.25) is 5.91 Å². The van der Waals surface area contributed by atoms with Crippen LogP contribution in [0.15, 0.2) is 32.0 Å². The third-order valence-corrected chi connectivity index (χ3v) is 5.94. The molecule has 6 nitrogen and oxygen atoms in total. The minimum Gasteiger partial charge on any atom is -0.464 e. The first-order valence-corrected chi connectivity index (χ1v) is 10.6. The highest BCUT2D eigenvalue weighted by Gasteiger charge is 2.22. The van der Waals surface area contributed by atoms with Crippen LogP contribution in [0.5, 0.6) is 0 Å². The smallest absolute Gasteiger partial charge is 0.339 e. The van der Waals surface area contributed by atoms with Crippen LogP contribution in [-0.4, -0.2) is 25.2 Å². The predicted octanol–water partition coefficient (Wildman–Crippen LogP) is 4.37. The number of benzene rings is 1. The molecule has 2 aromatic heterocycles. The van der Waals surface area contributed by atoms with Crippen molar-refractivity contribution in [2.75, 3.05) is 13.2 Å². The van der Waals surface area contributed by atoms with Crippen LogP contribution in [0.4, 0.5) is 0 Å².